The summed E-state index contributed by atoms with van der Waals surface area (Å²) >= 11 is 1.20. The lowest BCUT2D eigenvalue weighted by molar-refractivity contribution is -0.387. The molecule has 3 aromatic rings. The van der Waals surface area contributed by atoms with Gasteiger partial charge in [-0.25, -0.2) is 0 Å². The number of halogens is 3. The van der Waals surface area contributed by atoms with Gasteiger partial charge < -0.3 is 5.32 Å². The number of hydrogen-bond donors (Lipinski definition) is 1. The summed E-state index contributed by atoms with van der Waals surface area (Å²) in [5, 5.41) is 13.9. The first-order chi connectivity index (χ1) is 14.1. The number of benzene rings is 3. The van der Waals surface area contributed by atoms with Crippen molar-refractivity contribution in [3.05, 3.63) is 93.5 Å². The number of nitro groups is 1. The van der Waals surface area contributed by atoms with Crippen LogP contribution in [-0.4, -0.2) is 10.8 Å². The molecule has 0 aliphatic heterocycles. The fourth-order valence-electron chi connectivity index (χ4n) is 2.60. The van der Waals surface area contributed by atoms with Crippen molar-refractivity contribution in [2.75, 3.05) is 5.32 Å². The summed E-state index contributed by atoms with van der Waals surface area (Å²) in [6, 6.07) is 15.5. The minimum absolute atomic E-state index is 0.109. The molecule has 1 amide bonds. The summed E-state index contributed by atoms with van der Waals surface area (Å²) in [5.41, 5.74) is -0.210. The predicted molar refractivity (Wildman–Crippen MR) is 108 cm³/mol. The van der Waals surface area contributed by atoms with Crippen molar-refractivity contribution < 1.29 is 22.9 Å². The number of alkyl halides is 3. The van der Waals surface area contributed by atoms with Crippen LogP contribution < -0.4 is 5.32 Å². The number of nitrogens with one attached hydrogen (secondary N) is 1. The van der Waals surface area contributed by atoms with E-state index < -0.39 is 22.6 Å². The number of aryl methyl sites for hydroxylation is 1. The Bertz CT molecular complexity index is 1100. The Hall–Kier alpha value is -3.33. The van der Waals surface area contributed by atoms with Crippen LogP contribution in [0.25, 0.3) is 0 Å². The lowest BCUT2D eigenvalue weighted by atomic mass is 10.1. The monoisotopic (exact) mass is 432 g/mol. The van der Waals surface area contributed by atoms with Crippen molar-refractivity contribution in [3.63, 3.8) is 0 Å². The minimum atomic E-state index is -4.58. The van der Waals surface area contributed by atoms with Gasteiger partial charge in [0.1, 0.15) is 0 Å². The van der Waals surface area contributed by atoms with Crippen molar-refractivity contribution in [2.45, 2.75) is 22.9 Å². The second kappa shape index (κ2) is 8.58. The largest absolute Gasteiger partial charge is 0.416 e. The molecule has 0 saturated heterocycles. The van der Waals surface area contributed by atoms with E-state index in [0.29, 0.717) is 4.90 Å². The Balaban J connectivity index is 1.83. The quantitative estimate of drug-likeness (QED) is 0.378. The van der Waals surface area contributed by atoms with Gasteiger partial charge in [-0.3, -0.25) is 14.9 Å². The number of carbonyl (C=O) groups excluding carboxylic acids is 1. The van der Waals surface area contributed by atoms with Crippen LogP contribution in [0.3, 0.4) is 0 Å². The Labute approximate surface area is 174 Å². The van der Waals surface area contributed by atoms with Gasteiger partial charge in [0, 0.05) is 22.2 Å². The molecule has 5 nitrogen and oxygen atoms in total. The molecule has 0 fully saturated rings. The summed E-state index contributed by atoms with van der Waals surface area (Å²) in [6.45, 7) is 1.93. The third-order valence-corrected chi connectivity index (χ3v) is 5.19. The average molecular weight is 432 g/mol. The van der Waals surface area contributed by atoms with Crippen LogP contribution in [0.1, 0.15) is 21.5 Å². The van der Waals surface area contributed by atoms with Gasteiger partial charge in [0.2, 0.25) is 0 Å². The Morgan fingerprint density at radius 2 is 1.73 bits per heavy atom. The molecule has 0 bridgehead atoms. The van der Waals surface area contributed by atoms with E-state index in [-0.39, 0.29) is 16.9 Å². The molecule has 9 heteroatoms. The van der Waals surface area contributed by atoms with Gasteiger partial charge in [-0.15, -0.1) is 0 Å². The molecule has 0 radical (unpaired) electrons. The Morgan fingerprint density at radius 3 is 2.37 bits per heavy atom. The first kappa shape index (κ1) is 21.4. The number of nitrogens with zero attached hydrogens (tertiary/aromatic N) is 1. The van der Waals surface area contributed by atoms with Crippen molar-refractivity contribution >= 4 is 29.0 Å². The molecule has 3 rings (SSSR count). The highest BCUT2D eigenvalue weighted by molar-refractivity contribution is 7.99. The van der Waals surface area contributed by atoms with Crippen molar-refractivity contribution in [1.29, 1.82) is 0 Å². The first-order valence-corrected chi connectivity index (χ1v) is 9.47. The van der Waals surface area contributed by atoms with Crippen LogP contribution in [0.2, 0.25) is 0 Å². The predicted octanol–water partition coefficient (Wildman–Crippen LogP) is 6.33. The van der Waals surface area contributed by atoms with Gasteiger partial charge in [-0.2, -0.15) is 13.2 Å². The summed E-state index contributed by atoms with van der Waals surface area (Å²) < 4.78 is 38.5. The van der Waals surface area contributed by atoms with E-state index >= 15 is 0 Å². The van der Waals surface area contributed by atoms with Gasteiger partial charge >= 0.3 is 6.18 Å². The van der Waals surface area contributed by atoms with E-state index in [4.69, 9.17) is 0 Å². The highest BCUT2D eigenvalue weighted by Crippen LogP contribution is 2.36. The van der Waals surface area contributed by atoms with Gasteiger partial charge in [-0.05, 0) is 49.4 Å². The second-order valence-electron chi connectivity index (χ2n) is 6.39. The molecule has 0 unspecified atom stereocenters. The molecule has 0 saturated carbocycles. The SMILES string of the molecule is Cc1ccc(Sc2ccc(NC(=O)c3cccc(C(F)(F)F)c3)cc2[N+](=O)[O-])cc1. The van der Waals surface area contributed by atoms with Crippen molar-refractivity contribution in [3.8, 4) is 0 Å². The van der Waals surface area contributed by atoms with Crippen LogP contribution in [-0.2, 0) is 6.18 Å². The summed E-state index contributed by atoms with van der Waals surface area (Å²) in [4.78, 5) is 24.4. The third-order valence-electron chi connectivity index (χ3n) is 4.11. The Morgan fingerprint density at radius 1 is 1.03 bits per heavy atom. The zero-order valence-corrected chi connectivity index (χ0v) is 16.4. The summed E-state index contributed by atoms with van der Waals surface area (Å²) in [6.07, 6.45) is -4.58. The topological polar surface area (TPSA) is 72.2 Å². The number of carbonyl (C=O) groups is 1. The van der Waals surface area contributed by atoms with E-state index in [1.807, 2.05) is 31.2 Å². The molecule has 0 atom stereocenters. The highest BCUT2D eigenvalue weighted by atomic mass is 32.2. The summed E-state index contributed by atoms with van der Waals surface area (Å²) in [7, 11) is 0. The number of hydrogen-bond acceptors (Lipinski definition) is 4. The number of rotatable bonds is 5. The van der Waals surface area contributed by atoms with Crippen LogP contribution >= 0.6 is 11.8 Å². The zero-order chi connectivity index (χ0) is 21.9. The maximum absolute atomic E-state index is 12.8. The average Bonchev–Trinajstić information content (AvgIpc) is 2.70. The Kier molecular flexibility index (Phi) is 6.12. The third kappa shape index (κ3) is 5.18. The molecule has 0 spiro atoms. The van der Waals surface area contributed by atoms with Crippen molar-refractivity contribution in [1.82, 2.24) is 0 Å². The lowest BCUT2D eigenvalue weighted by Gasteiger charge is -2.10. The van der Waals surface area contributed by atoms with Gasteiger partial charge in [0.25, 0.3) is 11.6 Å². The molecular formula is C21H15F3N2O3S. The van der Waals surface area contributed by atoms with E-state index in [2.05, 4.69) is 5.32 Å². The second-order valence-corrected chi connectivity index (χ2v) is 7.50. The van der Waals surface area contributed by atoms with E-state index in [0.717, 1.165) is 28.7 Å². The standard InChI is InChI=1S/C21H15F3N2O3S/c1-13-5-8-17(9-6-13)30-19-10-7-16(12-18(19)26(28)29)25-20(27)14-3-2-4-15(11-14)21(22,23)24/h2-12H,1H3,(H,25,27). The maximum Gasteiger partial charge on any atom is 0.416 e. The highest BCUT2D eigenvalue weighted by Gasteiger charge is 2.31. The van der Waals surface area contributed by atoms with Gasteiger partial charge in [0.15, 0.2) is 0 Å². The molecule has 0 aromatic heterocycles. The number of anilines is 1. The number of amides is 1. The first-order valence-electron chi connectivity index (χ1n) is 8.65. The van der Waals surface area contributed by atoms with Crippen LogP contribution in [0.4, 0.5) is 24.5 Å². The molecule has 0 aliphatic carbocycles. The minimum Gasteiger partial charge on any atom is -0.322 e. The van der Waals surface area contributed by atoms with Crippen LogP contribution in [0.5, 0.6) is 0 Å². The van der Waals surface area contributed by atoms with E-state index in [1.54, 1.807) is 0 Å². The zero-order valence-electron chi connectivity index (χ0n) is 15.6. The van der Waals surface area contributed by atoms with Crippen molar-refractivity contribution in [2.24, 2.45) is 0 Å². The molecule has 0 aliphatic rings. The van der Waals surface area contributed by atoms with E-state index in [9.17, 15) is 28.1 Å². The molecule has 30 heavy (non-hydrogen) atoms. The fraction of sp³-hybridized carbons (Fsp3) is 0.0952. The number of nitro benzene ring substituents is 1. The summed E-state index contributed by atoms with van der Waals surface area (Å²) in [5.74, 6) is -0.797. The fourth-order valence-corrected chi connectivity index (χ4v) is 3.50. The lowest BCUT2D eigenvalue weighted by Crippen LogP contribution is -2.14. The van der Waals surface area contributed by atoms with Gasteiger partial charge in [-0.1, -0.05) is 35.5 Å². The van der Waals surface area contributed by atoms with Crippen LogP contribution in [0.15, 0.2) is 76.5 Å². The molecule has 154 valence electrons. The normalized spacial score (nSPS) is 11.2. The molecular weight excluding hydrogens is 417 g/mol. The van der Waals surface area contributed by atoms with Gasteiger partial charge in [0.05, 0.1) is 15.4 Å². The van der Waals surface area contributed by atoms with Crippen LogP contribution in [0, 0.1) is 17.0 Å². The smallest absolute Gasteiger partial charge is 0.322 e. The van der Waals surface area contributed by atoms with E-state index in [1.165, 1.54) is 36.0 Å². The molecule has 0 heterocycles. The maximum atomic E-state index is 12.8. The molecule has 1 N–H and O–H groups in total. The molecule has 3 aromatic carbocycles.